The number of nitrogens with zero attached hydrogens (tertiary/aromatic N) is 2. The van der Waals surface area contributed by atoms with Crippen LogP contribution in [0, 0.1) is 10.1 Å². The highest BCUT2D eigenvalue weighted by molar-refractivity contribution is 7.80. The molecule has 0 aliphatic carbocycles. The Hall–Kier alpha value is -2.02. The number of nitro groups is 1. The van der Waals surface area contributed by atoms with Crippen molar-refractivity contribution >= 4 is 28.9 Å². The summed E-state index contributed by atoms with van der Waals surface area (Å²) in [4.78, 5) is 24.2. The molecule has 1 aliphatic heterocycles. The molecular formula is C14H17N3O3S. The minimum atomic E-state index is -0.496. The topological polar surface area (TPSA) is 75.5 Å². The highest BCUT2D eigenvalue weighted by Gasteiger charge is 2.16. The zero-order valence-electron chi connectivity index (χ0n) is 11.6. The molecule has 7 heteroatoms. The highest BCUT2D eigenvalue weighted by atomic mass is 32.1. The fourth-order valence-electron chi connectivity index (χ4n) is 2.26. The van der Waals surface area contributed by atoms with Gasteiger partial charge in [-0.2, -0.15) is 0 Å². The number of likely N-dealkylation sites (tertiary alicyclic amines) is 1. The van der Waals surface area contributed by atoms with E-state index in [2.05, 4.69) is 5.32 Å². The monoisotopic (exact) mass is 307 g/mol. The number of hydrogen-bond donors (Lipinski definition) is 1. The summed E-state index contributed by atoms with van der Waals surface area (Å²) in [6.45, 7) is 1.72. The van der Waals surface area contributed by atoms with E-state index >= 15 is 0 Å². The van der Waals surface area contributed by atoms with E-state index in [0.29, 0.717) is 10.7 Å². The summed E-state index contributed by atoms with van der Waals surface area (Å²) >= 11 is 5.26. The van der Waals surface area contributed by atoms with Crippen LogP contribution < -0.4 is 5.32 Å². The first-order chi connectivity index (χ1) is 10.1. The Balaban J connectivity index is 1.96. The van der Waals surface area contributed by atoms with Crippen molar-refractivity contribution in [2.24, 2.45) is 0 Å². The molecular weight excluding hydrogens is 290 g/mol. The molecule has 1 aliphatic rings. The number of rotatable bonds is 2. The second-order valence-corrected chi connectivity index (χ2v) is 5.35. The second kappa shape index (κ2) is 7.12. The lowest BCUT2D eigenvalue weighted by molar-refractivity contribution is -0.384. The number of amides is 1. The zero-order valence-corrected chi connectivity index (χ0v) is 12.4. The minimum absolute atomic E-state index is 0.0401. The van der Waals surface area contributed by atoms with Gasteiger partial charge >= 0.3 is 0 Å². The summed E-state index contributed by atoms with van der Waals surface area (Å²) in [7, 11) is 0. The molecule has 6 nitrogen and oxygen atoms in total. The molecule has 1 aromatic rings. The van der Waals surface area contributed by atoms with Gasteiger partial charge in [0.2, 0.25) is 0 Å². The molecule has 21 heavy (non-hydrogen) atoms. The number of non-ortho nitro benzene ring substituents is 1. The van der Waals surface area contributed by atoms with Crippen LogP contribution in [0.25, 0.3) is 0 Å². The fourth-order valence-corrected chi connectivity index (χ4v) is 2.53. The van der Waals surface area contributed by atoms with Crippen molar-refractivity contribution in [3.05, 3.63) is 39.9 Å². The van der Waals surface area contributed by atoms with Crippen LogP contribution in [0.3, 0.4) is 0 Å². The van der Waals surface area contributed by atoms with E-state index in [0.717, 1.165) is 25.9 Å². The molecule has 0 radical (unpaired) electrons. The van der Waals surface area contributed by atoms with Crippen LogP contribution in [-0.2, 0) is 0 Å². The summed E-state index contributed by atoms with van der Waals surface area (Å²) in [5.41, 5.74) is 0.319. The highest BCUT2D eigenvalue weighted by Crippen LogP contribution is 2.13. The Labute approximate surface area is 128 Å². The fraction of sp³-hybridized carbons (Fsp3) is 0.429. The van der Waals surface area contributed by atoms with Gasteiger partial charge in [-0.05, 0) is 37.2 Å². The maximum atomic E-state index is 12.1. The van der Waals surface area contributed by atoms with Crippen LogP contribution in [-0.4, -0.2) is 33.9 Å². The standard InChI is InChI=1S/C14H17N3O3S/c18-13(11-5-7-12(8-6-11)17(19)20)15-14(21)16-9-3-1-2-4-10-16/h5-8H,1-4,9-10H2,(H,15,18,21). The first kappa shape index (κ1) is 15.4. The van der Waals surface area contributed by atoms with Crippen LogP contribution in [0.2, 0.25) is 0 Å². The third kappa shape index (κ3) is 4.22. The molecule has 1 heterocycles. The summed E-state index contributed by atoms with van der Waals surface area (Å²) in [6, 6.07) is 5.48. The van der Waals surface area contributed by atoms with Crippen LogP contribution in [0.5, 0.6) is 0 Å². The average molecular weight is 307 g/mol. The van der Waals surface area contributed by atoms with E-state index in [1.807, 2.05) is 4.90 Å². The molecule has 0 spiro atoms. The third-order valence-corrected chi connectivity index (χ3v) is 3.81. The number of carbonyl (C=O) groups excluding carboxylic acids is 1. The summed E-state index contributed by atoms with van der Waals surface area (Å²) in [5, 5.41) is 13.7. The lowest BCUT2D eigenvalue weighted by atomic mass is 10.2. The van der Waals surface area contributed by atoms with Gasteiger partial charge in [0, 0.05) is 30.8 Å². The van der Waals surface area contributed by atoms with Crippen molar-refractivity contribution in [1.82, 2.24) is 10.2 Å². The lowest BCUT2D eigenvalue weighted by Crippen LogP contribution is -2.43. The summed E-state index contributed by atoms with van der Waals surface area (Å²) in [5.74, 6) is -0.334. The molecule has 1 fully saturated rings. The van der Waals surface area contributed by atoms with E-state index in [1.165, 1.54) is 37.1 Å². The van der Waals surface area contributed by atoms with Gasteiger partial charge in [-0.15, -0.1) is 0 Å². The van der Waals surface area contributed by atoms with E-state index in [4.69, 9.17) is 12.2 Å². The van der Waals surface area contributed by atoms with Crippen molar-refractivity contribution in [1.29, 1.82) is 0 Å². The smallest absolute Gasteiger partial charge is 0.269 e. The Morgan fingerprint density at radius 2 is 1.71 bits per heavy atom. The van der Waals surface area contributed by atoms with Crippen LogP contribution in [0.1, 0.15) is 36.0 Å². The van der Waals surface area contributed by atoms with Gasteiger partial charge in [0.1, 0.15) is 0 Å². The molecule has 1 amide bonds. The van der Waals surface area contributed by atoms with E-state index in [9.17, 15) is 14.9 Å². The largest absolute Gasteiger partial charge is 0.349 e. The number of thiocarbonyl (C=S) groups is 1. The van der Waals surface area contributed by atoms with E-state index in [1.54, 1.807) is 0 Å². The van der Waals surface area contributed by atoms with Crippen molar-refractivity contribution in [2.45, 2.75) is 25.7 Å². The Morgan fingerprint density at radius 3 is 2.24 bits per heavy atom. The molecule has 1 saturated heterocycles. The van der Waals surface area contributed by atoms with Gasteiger partial charge in [-0.25, -0.2) is 0 Å². The molecule has 0 bridgehead atoms. The quantitative estimate of drug-likeness (QED) is 0.516. The molecule has 112 valence electrons. The third-order valence-electron chi connectivity index (χ3n) is 3.45. The van der Waals surface area contributed by atoms with Crippen molar-refractivity contribution in [3.63, 3.8) is 0 Å². The van der Waals surface area contributed by atoms with Crippen molar-refractivity contribution in [2.75, 3.05) is 13.1 Å². The van der Waals surface area contributed by atoms with Crippen molar-refractivity contribution < 1.29 is 9.72 Å². The van der Waals surface area contributed by atoms with Gasteiger partial charge in [-0.1, -0.05) is 12.8 Å². The summed E-state index contributed by atoms with van der Waals surface area (Å²) < 4.78 is 0. The summed E-state index contributed by atoms with van der Waals surface area (Å²) in [6.07, 6.45) is 4.53. The molecule has 0 saturated carbocycles. The van der Waals surface area contributed by atoms with Crippen LogP contribution >= 0.6 is 12.2 Å². The Morgan fingerprint density at radius 1 is 1.14 bits per heavy atom. The van der Waals surface area contributed by atoms with E-state index < -0.39 is 4.92 Å². The molecule has 1 N–H and O–H groups in total. The number of nitrogens with one attached hydrogen (secondary N) is 1. The SMILES string of the molecule is O=C(NC(=S)N1CCCCCC1)c1ccc([N+](=O)[O-])cc1. The van der Waals surface area contributed by atoms with Crippen molar-refractivity contribution in [3.8, 4) is 0 Å². The predicted molar refractivity (Wildman–Crippen MR) is 83.2 cm³/mol. The first-order valence-corrected chi connectivity index (χ1v) is 7.33. The number of hydrogen-bond acceptors (Lipinski definition) is 4. The number of carbonyl (C=O) groups is 1. The van der Waals surface area contributed by atoms with Crippen LogP contribution in [0.15, 0.2) is 24.3 Å². The maximum absolute atomic E-state index is 12.1. The molecule has 1 aromatic carbocycles. The lowest BCUT2D eigenvalue weighted by Gasteiger charge is -2.23. The van der Waals surface area contributed by atoms with Gasteiger partial charge in [0.25, 0.3) is 11.6 Å². The van der Waals surface area contributed by atoms with Gasteiger partial charge in [0.15, 0.2) is 5.11 Å². The van der Waals surface area contributed by atoms with Gasteiger partial charge in [0.05, 0.1) is 4.92 Å². The molecule has 2 rings (SSSR count). The van der Waals surface area contributed by atoms with E-state index in [-0.39, 0.29) is 11.6 Å². The molecule has 0 unspecified atom stereocenters. The Kier molecular flexibility index (Phi) is 5.21. The average Bonchev–Trinajstić information content (AvgIpc) is 2.76. The Bertz CT molecular complexity index is 537. The van der Waals surface area contributed by atoms with Crippen LogP contribution in [0.4, 0.5) is 5.69 Å². The number of benzene rings is 1. The predicted octanol–water partition coefficient (Wildman–Crippen LogP) is 2.49. The second-order valence-electron chi connectivity index (χ2n) is 4.96. The zero-order chi connectivity index (χ0) is 15.2. The minimum Gasteiger partial charge on any atom is -0.349 e. The molecule has 0 aromatic heterocycles. The molecule has 0 atom stereocenters. The van der Waals surface area contributed by atoms with Gasteiger partial charge in [-0.3, -0.25) is 20.2 Å². The number of nitro benzene ring substituents is 1. The first-order valence-electron chi connectivity index (χ1n) is 6.92. The van der Waals surface area contributed by atoms with Gasteiger partial charge < -0.3 is 4.90 Å². The maximum Gasteiger partial charge on any atom is 0.269 e. The normalized spacial score (nSPS) is 15.1.